The number of fused-ring (bicyclic) bond motifs is 1. The van der Waals surface area contributed by atoms with Crippen molar-refractivity contribution >= 4 is 11.6 Å². The molecule has 3 aliphatic heterocycles. The number of hydrogen-bond donors (Lipinski definition) is 2. The summed E-state index contributed by atoms with van der Waals surface area (Å²) in [7, 11) is 1.68. The molecule has 10 heteroatoms. The van der Waals surface area contributed by atoms with Crippen LogP contribution in [0.25, 0.3) is 0 Å². The van der Waals surface area contributed by atoms with E-state index < -0.39 is 17.2 Å². The molecule has 0 spiro atoms. The highest BCUT2D eigenvalue weighted by atomic mass is 19.1. The van der Waals surface area contributed by atoms with Crippen LogP contribution in [0.5, 0.6) is 5.75 Å². The van der Waals surface area contributed by atoms with E-state index in [0.717, 1.165) is 82.1 Å². The van der Waals surface area contributed by atoms with Gasteiger partial charge in [0.1, 0.15) is 23.0 Å². The fourth-order valence-corrected chi connectivity index (χ4v) is 6.67. The lowest BCUT2D eigenvalue weighted by Gasteiger charge is -2.43. The third-order valence-electron chi connectivity index (χ3n) is 9.39. The predicted molar refractivity (Wildman–Crippen MR) is 169 cm³/mol. The van der Waals surface area contributed by atoms with Crippen LogP contribution in [0.3, 0.4) is 0 Å². The van der Waals surface area contributed by atoms with Crippen LogP contribution in [-0.2, 0) is 31.2 Å². The van der Waals surface area contributed by atoms with Crippen molar-refractivity contribution in [1.82, 2.24) is 10.6 Å². The molecule has 0 bridgehead atoms. The van der Waals surface area contributed by atoms with E-state index in [1.807, 2.05) is 26.0 Å². The normalized spacial score (nSPS) is 24.5. The lowest BCUT2D eigenvalue weighted by Crippen LogP contribution is -2.47. The molecule has 8 nitrogen and oxygen atoms in total. The second-order valence-corrected chi connectivity index (χ2v) is 13.1. The number of hydrogen-bond acceptors (Lipinski definition) is 7. The van der Waals surface area contributed by atoms with E-state index in [9.17, 15) is 13.6 Å². The summed E-state index contributed by atoms with van der Waals surface area (Å²) in [6.07, 6.45) is 5.65. The van der Waals surface area contributed by atoms with Gasteiger partial charge in [0, 0.05) is 70.2 Å². The Balaban J connectivity index is 1.13. The summed E-state index contributed by atoms with van der Waals surface area (Å²) in [5.74, 6) is 0.0484. The van der Waals surface area contributed by atoms with Crippen LogP contribution in [-0.4, -0.2) is 71.2 Å². The molecule has 0 radical (unpaired) electrons. The number of carbonyl (C=O) groups excluding carboxylic acids is 1. The Morgan fingerprint density at radius 1 is 1.13 bits per heavy atom. The van der Waals surface area contributed by atoms with Gasteiger partial charge in [-0.25, -0.2) is 8.78 Å². The van der Waals surface area contributed by atoms with Crippen molar-refractivity contribution < 1.29 is 32.5 Å². The molecule has 45 heavy (non-hydrogen) atoms. The number of benzene rings is 2. The summed E-state index contributed by atoms with van der Waals surface area (Å²) in [5.41, 5.74) is 1.51. The van der Waals surface area contributed by atoms with E-state index in [1.54, 1.807) is 7.11 Å². The average Bonchev–Trinajstić information content (AvgIpc) is 3.03. The quantitative estimate of drug-likeness (QED) is 0.290. The molecule has 5 rings (SSSR count). The van der Waals surface area contributed by atoms with Crippen LogP contribution in [0.15, 0.2) is 36.4 Å². The smallest absolute Gasteiger partial charge is 0.222 e. The molecule has 3 aliphatic rings. The molecule has 248 valence electrons. The SMILES string of the molecule is COCCCN1CC(C)(c2cc(F)cc(F)c2)Oc2ccc(CO[C@@H]3CCC(C[C@H](C)C(=O)NCC4CCOCC4)NC3)cc21. The monoisotopic (exact) mass is 629 g/mol. The summed E-state index contributed by atoms with van der Waals surface area (Å²) >= 11 is 0. The molecular weight excluding hydrogens is 580 g/mol. The molecule has 1 amide bonds. The Bertz CT molecular complexity index is 1250. The molecule has 2 fully saturated rings. The van der Waals surface area contributed by atoms with Crippen molar-refractivity contribution in [2.24, 2.45) is 11.8 Å². The zero-order valence-corrected chi connectivity index (χ0v) is 26.9. The number of ether oxygens (including phenoxy) is 4. The highest BCUT2D eigenvalue weighted by molar-refractivity contribution is 5.78. The highest BCUT2D eigenvalue weighted by Crippen LogP contribution is 2.42. The molecule has 4 atom stereocenters. The van der Waals surface area contributed by atoms with Gasteiger partial charge in [-0.3, -0.25) is 4.79 Å². The van der Waals surface area contributed by atoms with Gasteiger partial charge >= 0.3 is 0 Å². The number of anilines is 1. The maximum Gasteiger partial charge on any atom is 0.222 e. The van der Waals surface area contributed by atoms with Crippen LogP contribution in [0.4, 0.5) is 14.5 Å². The number of nitrogens with zero attached hydrogens (tertiary/aromatic N) is 1. The van der Waals surface area contributed by atoms with Gasteiger partial charge in [-0.05, 0) is 81.2 Å². The molecule has 2 aromatic carbocycles. The first-order valence-electron chi connectivity index (χ1n) is 16.5. The van der Waals surface area contributed by atoms with Gasteiger partial charge in [0.05, 0.1) is 24.9 Å². The number of rotatable bonds is 13. The third kappa shape index (κ3) is 9.15. The van der Waals surface area contributed by atoms with Gasteiger partial charge in [-0.15, -0.1) is 0 Å². The maximum atomic E-state index is 14.1. The van der Waals surface area contributed by atoms with Gasteiger partial charge in [-0.1, -0.05) is 13.0 Å². The maximum absolute atomic E-state index is 14.1. The number of methoxy groups -OCH3 is 1. The number of halogens is 2. The van der Waals surface area contributed by atoms with Crippen molar-refractivity contribution in [1.29, 1.82) is 0 Å². The highest BCUT2D eigenvalue weighted by Gasteiger charge is 2.38. The summed E-state index contributed by atoms with van der Waals surface area (Å²) in [6, 6.07) is 9.87. The first-order chi connectivity index (χ1) is 21.7. The minimum absolute atomic E-state index is 0.0360. The number of carbonyl (C=O) groups is 1. The van der Waals surface area contributed by atoms with Gasteiger partial charge in [0.2, 0.25) is 5.91 Å². The molecule has 0 aliphatic carbocycles. The van der Waals surface area contributed by atoms with Crippen LogP contribution in [0, 0.1) is 23.5 Å². The minimum atomic E-state index is -0.922. The third-order valence-corrected chi connectivity index (χ3v) is 9.39. The van der Waals surface area contributed by atoms with E-state index in [2.05, 4.69) is 21.6 Å². The first-order valence-corrected chi connectivity index (χ1v) is 16.5. The largest absolute Gasteiger partial charge is 0.479 e. The van der Waals surface area contributed by atoms with Crippen LogP contribution in [0.1, 0.15) is 63.5 Å². The van der Waals surface area contributed by atoms with E-state index in [0.29, 0.717) is 49.6 Å². The molecule has 2 N–H and O–H groups in total. The number of amides is 1. The van der Waals surface area contributed by atoms with Crippen molar-refractivity contribution in [2.45, 2.75) is 76.7 Å². The Labute approximate surface area is 266 Å². The molecular formula is C35H49F2N3O5. The summed E-state index contributed by atoms with van der Waals surface area (Å²) in [4.78, 5) is 14.9. The van der Waals surface area contributed by atoms with E-state index >= 15 is 0 Å². The van der Waals surface area contributed by atoms with E-state index in [-0.39, 0.29) is 17.9 Å². The average molecular weight is 630 g/mol. The molecule has 2 unspecified atom stereocenters. The van der Waals surface area contributed by atoms with Crippen LogP contribution in [0.2, 0.25) is 0 Å². The molecule has 0 saturated carbocycles. The van der Waals surface area contributed by atoms with Gasteiger partial charge in [0.15, 0.2) is 0 Å². The lowest BCUT2D eigenvalue weighted by atomic mass is 9.92. The number of piperidine rings is 1. The second kappa shape index (κ2) is 15.7. The molecule has 2 saturated heterocycles. The van der Waals surface area contributed by atoms with Crippen LogP contribution >= 0.6 is 0 Å². The predicted octanol–water partition coefficient (Wildman–Crippen LogP) is 5.32. The molecule has 3 heterocycles. The van der Waals surface area contributed by atoms with Gasteiger partial charge in [-0.2, -0.15) is 0 Å². The zero-order chi connectivity index (χ0) is 31.8. The Morgan fingerprint density at radius 3 is 2.62 bits per heavy atom. The first kappa shape index (κ1) is 33.6. The van der Waals surface area contributed by atoms with Gasteiger partial charge in [0.25, 0.3) is 0 Å². The van der Waals surface area contributed by atoms with Crippen molar-refractivity contribution in [2.75, 3.05) is 58.0 Å². The van der Waals surface area contributed by atoms with Crippen molar-refractivity contribution in [3.05, 3.63) is 59.2 Å². The van der Waals surface area contributed by atoms with E-state index in [4.69, 9.17) is 18.9 Å². The minimum Gasteiger partial charge on any atom is -0.479 e. The summed E-state index contributed by atoms with van der Waals surface area (Å²) < 4.78 is 51.7. The standard InChI is InChI=1S/C35H49F2N3O5/c1-24(34(41)39-20-25-9-13-43-14-10-25)15-30-6-7-31(21-38-30)44-22-26-5-8-33-32(16-26)40(11-4-12-42-3)23-35(2,45-33)27-17-28(36)19-29(37)18-27/h5,8,16-19,24-25,30-31,38H,4,6-7,9-15,20-23H2,1-3H3,(H,39,41)/t24-,30?,31+,35?/m0/s1. The molecule has 2 aromatic rings. The van der Waals surface area contributed by atoms with Gasteiger partial charge < -0.3 is 34.5 Å². The lowest BCUT2D eigenvalue weighted by molar-refractivity contribution is -0.125. The summed E-state index contributed by atoms with van der Waals surface area (Å²) in [5, 5.41) is 6.75. The van der Waals surface area contributed by atoms with Crippen LogP contribution < -0.4 is 20.3 Å². The second-order valence-electron chi connectivity index (χ2n) is 13.1. The fraction of sp³-hybridized carbons (Fsp3) is 0.629. The van der Waals surface area contributed by atoms with E-state index in [1.165, 1.54) is 12.1 Å². The Morgan fingerprint density at radius 2 is 1.91 bits per heavy atom. The zero-order valence-electron chi connectivity index (χ0n) is 26.9. The Kier molecular flexibility index (Phi) is 11.7. The summed E-state index contributed by atoms with van der Waals surface area (Å²) in [6.45, 7) is 9.19. The molecule has 0 aromatic heterocycles. The number of nitrogens with one attached hydrogen (secondary N) is 2. The van der Waals surface area contributed by atoms with Crippen molar-refractivity contribution in [3.8, 4) is 5.75 Å². The topological polar surface area (TPSA) is 81.3 Å². The fourth-order valence-electron chi connectivity index (χ4n) is 6.67. The Hall–Kier alpha value is -2.79. The van der Waals surface area contributed by atoms with Crippen molar-refractivity contribution in [3.63, 3.8) is 0 Å².